The third-order valence-electron chi connectivity index (χ3n) is 3.64. The van der Waals surface area contributed by atoms with E-state index < -0.39 is 0 Å². The zero-order valence-corrected chi connectivity index (χ0v) is 16.2. The molecule has 6 heteroatoms. The maximum absolute atomic E-state index is 12.5. The van der Waals surface area contributed by atoms with Crippen molar-refractivity contribution in [3.8, 4) is 0 Å². The van der Waals surface area contributed by atoms with Crippen molar-refractivity contribution in [2.24, 2.45) is 0 Å². The molecule has 1 aromatic carbocycles. The molecule has 0 atom stereocenters. The van der Waals surface area contributed by atoms with Gasteiger partial charge in [0, 0.05) is 26.5 Å². The highest BCUT2D eigenvalue weighted by molar-refractivity contribution is 14.1. The SMILES string of the molecule is CCCOC(=O)c1cnc2nc(C)ccc2c1Nc1ccc(I)cc1. The molecule has 2 heterocycles. The van der Waals surface area contributed by atoms with Gasteiger partial charge in [-0.25, -0.2) is 14.8 Å². The quantitative estimate of drug-likeness (QED) is 0.448. The maximum atomic E-state index is 12.5. The molecule has 0 amide bonds. The van der Waals surface area contributed by atoms with E-state index in [4.69, 9.17) is 4.74 Å². The van der Waals surface area contributed by atoms with Crippen LogP contribution in [0.25, 0.3) is 11.0 Å². The van der Waals surface area contributed by atoms with Gasteiger partial charge in [-0.05, 0) is 72.3 Å². The molecule has 3 aromatic rings. The zero-order chi connectivity index (χ0) is 17.8. The second kappa shape index (κ2) is 7.77. The Kier molecular flexibility index (Phi) is 5.47. The molecule has 0 saturated heterocycles. The number of pyridine rings is 2. The minimum absolute atomic E-state index is 0.381. The smallest absolute Gasteiger partial charge is 0.341 e. The lowest BCUT2D eigenvalue weighted by molar-refractivity contribution is 0.0506. The van der Waals surface area contributed by atoms with Crippen LogP contribution in [-0.4, -0.2) is 22.5 Å². The molecule has 25 heavy (non-hydrogen) atoms. The fourth-order valence-corrected chi connectivity index (χ4v) is 2.77. The van der Waals surface area contributed by atoms with Crippen LogP contribution in [-0.2, 0) is 4.74 Å². The molecule has 0 fully saturated rings. The molecule has 2 aromatic heterocycles. The number of carbonyl (C=O) groups excluding carboxylic acids is 1. The summed E-state index contributed by atoms with van der Waals surface area (Å²) in [5.41, 5.74) is 3.43. The Labute approximate surface area is 160 Å². The first-order chi connectivity index (χ1) is 12.1. The van der Waals surface area contributed by atoms with E-state index in [1.165, 1.54) is 6.20 Å². The molecule has 0 spiro atoms. The second-order valence-electron chi connectivity index (χ2n) is 5.64. The number of aromatic nitrogens is 2. The molecular weight excluding hydrogens is 429 g/mol. The van der Waals surface area contributed by atoms with Crippen molar-refractivity contribution in [1.82, 2.24) is 9.97 Å². The van der Waals surface area contributed by atoms with Crippen LogP contribution >= 0.6 is 22.6 Å². The van der Waals surface area contributed by atoms with Crippen molar-refractivity contribution in [2.75, 3.05) is 11.9 Å². The number of fused-ring (bicyclic) bond motifs is 1. The third kappa shape index (κ3) is 4.07. The number of esters is 1. The summed E-state index contributed by atoms with van der Waals surface area (Å²) in [6.45, 7) is 4.26. The van der Waals surface area contributed by atoms with Crippen LogP contribution in [0.15, 0.2) is 42.6 Å². The highest BCUT2D eigenvalue weighted by Crippen LogP contribution is 2.29. The molecule has 0 unspecified atom stereocenters. The van der Waals surface area contributed by atoms with Gasteiger partial charge in [0.25, 0.3) is 0 Å². The molecule has 5 nitrogen and oxygen atoms in total. The molecule has 0 aliphatic rings. The van der Waals surface area contributed by atoms with E-state index in [1.807, 2.05) is 50.2 Å². The van der Waals surface area contributed by atoms with Gasteiger partial charge < -0.3 is 10.1 Å². The van der Waals surface area contributed by atoms with Crippen LogP contribution in [0.2, 0.25) is 0 Å². The van der Waals surface area contributed by atoms with Crippen LogP contribution < -0.4 is 5.32 Å². The van der Waals surface area contributed by atoms with Gasteiger partial charge in [-0.1, -0.05) is 6.92 Å². The van der Waals surface area contributed by atoms with Crippen molar-refractivity contribution in [3.05, 3.63) is 57.4 Å². The number of ether oxygens (including phenoxy) is 1. The Bertz CT molecular complexity index is 910. The highest BCUT2D eigenvalue weighted by Gasteiger charge is 2.17. The Morgan fingerprint density at radius 3 is 2.68 bits per heavy atom. The fraction of sp³-hybridized carbons (Fsp3) is 0.211. The maximum Gasteiger partial charge on any atom is 0.341 e. The summed E-state index contributed by atoms with van der Waals surface area (Å²) in [6.07, 6.45) is 2.30. The molecule has 0 saturated carbocycles. The lowest BCUT2D eigenvalue weighted by Gasteiger charge is -2.14. The number of benzene rings is 1. The van der Waals surface area contributed by atoms with Gasteiger partial charge in [0.2, 0.25) is 0 Å². The van der Waals surface area contributed by atoms with Crippen molar-refractivity contribution >= 4 is 51.0 Å². The minimum Gasteiger partial charge on any atom is -0.462 e. The molecular formula is C19H18IN3O2. The predicted octanol–water partition coefficient (Wildman–Crippen LogP) is 4.85. The van der Waals surface area contributed by atoms with E-state index in [0.29, 0.717) is 23.5 Å². The Balaban J connectivity index is 2.09. The van der Waals surface area contributed by atoms with Crippen LogP contribution in [0.5, 0.6) is 0 Å². The van der Waals surface area contributed by atoms with Crippen molar-refractivity contribution in [2.45, 2.75) is 20.3 Å². The lowest BCUT2D eigenvalue weighted by Crippen LogP contribution is -2.10. The largest absolute Gasteiger partial charge is 0.462 e. The number of anilines is 2. The summed E-state index contributed by atoms with van der Waals surface area (Å²) in [6, 6.07) is 11.8. The summed E-state index contributed by atoms with van der Waals surface area (Å²) < 4.78 is 6.45. The van der Waals surface area contributed by atoms with E-state index in [-0.39, 0.29) is 5.97 Å². The topological polar surface area (TPSA) is 64.1 Å². The summed E-state index contributed by atoms with van der Waals surface area (Å²) in [7, 11) is 0. The Hall–Kier alpha value is -2.22. The third-order valence-corrected chi connectivity index (χ3v) is 4.36. The molecule has 0 radical (unpaired) electrons. The van der Waals surface area contributed by atoms with E-state index >= 15 is 0 Å². The molecule has 128 valence electrons. The first-order valence-electron chi connectivity index (χ1n) is 8.04. The standard InChI is InChI=1S/C19H18IN3O2/c1-3-10-25-19(24)16-11-21-18-15(9-4-12(2)22-18)17(16)23-14-7-5-13(20)6-8-14/h4-9,11H,3,10H2,1-2H3,(H,21,22,23). The molecule has 0 aliphatic carbocycles. The number of carbonyl (C=O) groups is 1. The van der Waals surface area contributed by atoms with E-state index in [2.05, 4.69) is 37.9 Å². The minimum atomic E-state index is -0.384. The van der Waals surface area contributed by atoms with Crippen molar-refractivity contribution in [1.29, 1.82) is 0 Å². The average Bonchev–Trinajstić information content (AvgIpc) is 2.61. The van der Waals surface area contributed by atoms with Crippen molar-refractivity contribution in [3.63, 3.8) is 0 Å². The second-order valence-corrected chi connectivity index (χ2v) is 6.88. The van der Waals surface area contributed by atoms with Crippen LogP contribution in [0.1, 0.15) is 29.4 Å². The van der Waals surface area contributed by atoms with Crippen LogP contribution in [0.3, 0.4) is 0 Å². The molecule has 0 bridgehead atoms. The van der Waals surface area contributed by atoms with Crippen LogP contribution in [0.4, 0.5) is 11.4 Å². The number of nitrogens with one attached hydrogen (secondary N) is 1. The zero-order valence-electron chi connectivity index (χ0n) is 14.0. The summed E-state index contributed by atoms with van der Waals surface area (Å²) in [4.78, 5) is 21.2. The van der Waals surface area contributed by atoms with Gasteiger partial charge in [0.1, 0.15) is 5.56 Å². The van der Waals surface area contributed by atoms with Gasteiger partial charge in [0.15, 0.2) is 5.65 Å². The van der Waals surface area contributed by atoms with Gasteiger partial charge >= 0.3 is 5.97 Å². The first kappa shape index (κ1) is 17.6. The molecule has 0 aliphatic heterocycles. The fourth-order valence-electron chi connectivity index (χ4n) is 2.41. The number of hydrogen-bond donors (Lipinski definition) is 1. The highest BCUT2D eigenvalue weighted by atomic mass is 127. The molecule has 1 N–H and O–H groups in total. The normalized spacial score (nSPS) is 10.7. The summed E-state index contributed by atoms with van der Waals surface area (Å²) in [5, 5.41) is 4.12. The Morgan fingerprint density at radius 2 is 1.96 bits per heavy atom. The van der Waals surface area contributed by atoms with Gasteiger partial charge in [0.05, 0.1) is 12.3 Å². The van der Waals surface area contributed by atoms with Crippen molar-refractivity contribution < 1.29 is 9.53 Å². The average molecular weight is 447 g/mol. The lowest BCUT2D eigenvalue weighted by atomic mass is 10.1. The number of nitrogens with zero attached hydrogens (tertiary/aromatic N) is 2. The number of aryl methyl sites for hydroxylation is 1. The predicted molar refractivity (Wildman–Crippen MR) is 107 cm³/mol. The van der Waals surface area contributed by atoms with E-state index in [9.17, 15) is 4.79 Å². The van der Waals surface area contributed by atoms with E-state index in [0.717, 1.165) is 26.8 Å². The van der Waals surface area contributed by atoms with Gasteiger partial charge in [-0.2, -0.15) is 0 Å². The summed E-state index contributed by atoms with van der Waals surface area (Å²) >= 11 is 2.26. The van der Waals surface area contributed by atoms with Gasteiger partial charge in [-0.15, -0.1) is 0 Å². The number of rotatable bonds is 5. The van der Waals surface area contributed by atoms with Crippen LogP contribution in [0, 0.1) is 10.5 Å². The monoisotopic (exact) mass is 447 g/mol. The number of hydrogen-bond acceptors (Lipinski definition) is 5. The van der Waals surface area contributed by atoms with E-state index in [1.54, 1.807) is 0 Å². The summed E-state index contributed by atoms with van der Waals surface area (Å²) in [5.74, 6) is -0.384. The number of halogens is 1. The first-order valence-corrected chi connectivity index (χ1v) is 9.12. The molecule has 3 rings (SSSR count). The van der Waals surface area contributed by atoms with Gasteiger partial charge in [-0.3, -0.25) is 0 Å². The Morgan fingerprint density at radius 1 is 1.20 bits per heavy atom.